The Morgan fingerprint density at radius 1 is 1.03 bits per heavy atom. The van der Waals surface area contributed by atoms with Crippen LogP contribution in [0.2, 0.25) is 0 Å². The molecule has 2 aromatic rings. The van der Waals surface area contributed by atoms with Crippen molar-refractivity contribution in [3.63, 3.8) is 0 Å². The Morgan fingerprint density at radius 2 is 1.80 bits per heavy atom. The number of benzene rings is 1. The fraction of sp³-hybridized carbons (Fsp3) is 0.520. The lowest BCUT2D eigenvalue weighted by Gasteiger charge is -2.45. The number of hydrogen-bond acceptors (Lipinski definition) is 5. The van der Waals surface area contributed by atoms with Crippen LogP contribution >= 0.6 is 0 Å². The Labute approximate surface area is 180 Å². The van der Waals surface area contributed by atoms with Gasteiger partial charge in [0.25, 0.3) is 0 Å². The van der Waals surface area contributed by atoms with Crippen LogP contribution in [0.5, 0.6) is 5.75 Å². The molecule has 0 N–H and O–H groups in total. The molecule has 0 spiro atoms. The van der Waals surface area contributed by atoms with Gasteiger partial charge in [-0.15, -0.1) is 0 Å². The van der Waals surface area contributed by atoms with Crippen molar-refractivity contribution in [2.75, 3.05) is 26.2 Å². The number of piperazine rings is 1. The van der Waals surface area contributed by atoms with Crippen LogP contribution in [0.25, 0.3) is 11.1 Å². The third kappa shape index (κ3) is 4.90. The summed E-state index contributed by atoms with van der Waals surface area (Å²) in [5, 5.41) is 0. The molecular formula is C25H33N3O2. The van der Waals surface area contributed by atoms with E-state index in [1.165, 1.54) is 0 Å². The summed E-state index contributed by atoms with van der Waals surface area (Å²) >= 11 is 0. The molecule has 30 heavy (non-hydrogen) atoms. The van der Waals surface area contributed by atoms with Crippen molar-refractivity contribution in [3.8, 4) is 16.9 Å². The number of carbonyl (C=O) groups is 1. The molecule has 5 nitrogen and oxygen atoms in total. The summed E-state index contributed by atoms with van der Waals surface area (Å²) in [6, 6.07) is 13.2. The van der Waals surface area contributed by atoms with Crippen LogP contribution < -0.4 is 4.74 Å². The molecule has 1 aliphatic carbocycles. The molecule has 2 heterocycles. The van der Waals surface area contributed by atoms with Gasteiger partial charge in [-0.2, -0.15) is 0 Å². The summed E-state index contributed by atoms with van der Waals surface area (Å²) in [4.78, 5) is 20.8. The standard InChI is InChI=1S/C25H33N3O2/c1-19(2)27-12-14-28(15-13-27)24-16-20(18-29)5-10-25(24)30-23-8-6-21(7-9-23)22-4-3-11-26-17-22/h3-4,6-9,11,17-20,24-25H,5,10,12-16H2,1-2H3. The van der Waals surface area contributed by atoms with E-state index in [0.717, 1.165) is 68.6 Å². The van der Waals surface area contributed by atoms with Gasteiger partial charge in [-0.3, -0.25) is 14.8 Å². The van der Waals surface area contributed by atoms with Crippen molar-refractivity contribution in [1.29, 1.82) is 0 Å². The molecule has 0 radical (unpaired) electrons. The molecule has 4 rings (SSSR count). The highest BCUT2D eigenvalue weighted by atomic mass is 16.5. The van der Waals surface area contributed by atoms with Crippen molar-refractivity contribution in [2.45, 2.75) is 51.3 Å². The fourth-order valence-corrected chi connectivity index (χ4v) is 4.82. The van der Waals surface area contributed by atoms with Gasteiger partial charge >= 0.3 is 0 Å². The summed E-state index contributed by atoms with van der Waals surface area (Å²) in [6.07, 6.45) is 7.71. The van der Waals surface area contributed by atoms with E-state index in [1.54, 1.807) is 6.20 Å². The van der Waals surface area contributed by atoms with Gasteiger partial charge in [-0.05, 0) is 62.4 Å². The lowest BCUT2D eigenvalue weighted by atomic mass is 9.83. The zero-order valence-corrected chi connectivity index (χ0v) is 18.1. The average molecular weight is 408 g/mol. The van der Waals surface area contributed by atoms with Crippen LogP contribution in [0.3, 0.4) is 0 Å². The number of pyridine rings is 1. The fourth-order valence-electron chi connectivity index (χ4n) is 4.82. The van der Waals surface area contributed by atoms with E-state index >= 15 is 0 Å². The molecule has 1 saturated carbocycles. The molecule has 1 aromatic heterocycles. The van der Waals surface area contributed by atoms with Crippen LogP contribution in [0.15, 0.2) is 48.8 Å². The number of nitrogens with zero attached hydrogens (tertiary/aromatic N) is 3. The minimum atomic E-state index is 0.135. The molecular weight excluding hydrogens is 374 g/mol. The van der Waals surface area contributed by atoms with Gasteiger partial charge in [0.05, 0.1) is 0 Å². The highest BCUT2D eigenvalue weighted by molar-refractivity contribution is 5.62. The minimum absolute atomic E-state index is 0.135. The highest BCUT2D eigenvalue weighted by Crippen LogP contribution is 2.32. The smallest absolute Gasteiger partial charge is 0.123 e. The van der Waals surface area contributed by atoms with E-state index in [0.29, 0.717) is 12.1 Å². The number of hydrogen-bond donors (Lipinski definition) is 0. The van der Waals surface area contributed by atoms with E-state index in [9.17, 15) is 4.79 Å². The maximum atomic E-state index is 11.5. The summed E-state index contributed by atoms with van der Waals surface area (Å²) in [7, 11) is 0. The predicted molar refractivity (Wildman–Crippen MR) is 120 cm³/mol. The van der Waals surface area contributed by atoms with Gasteiger partial charge in [0.2, 0.25) is 0 Å². The van der Waals surface area contributed by atoms with Gasteiger partial charge in [0.15, 0.2) is 0 Å². The first-order valence-corrected chi connectivity index (χ1v) is 11.2. The van der Waals surface area contributed by atoms with E-state index < -0.39 is 0 Å². The second-order valence-electron chi connectivity index (χ2n) is 8.86. The zero-order valence-electron chi connectivity index (χ0n) is 18.1. The zero-order chi connectivity index (χ0) is 20.9. The van der Waals surface area contributed by atoms with Crippen molar-refractivity contribution >= 4 is 6.29 Å². The van der Waals surface area contributed by atoms with Crippen LogP contribution in [-0.4, -0.2) is 65.4 Å². The van der Waals surface area contributed by atoms with Gasteiger partial charge in [0, 0.05) is 56.6 Å². The summed E-state index contributed by atoms with van der Waals surface area (Å²) < 4.78 is 6.49. The quantitative estimate of drug-likeness (QED) is 0.680. The van der Waals surface area contributed by atoms with Gasteiger partial charge < -0.3 is 9.53 Å². The molecule has 2 fully saturated rings. The van der Waals surface area contributed by atoms with E-state index in [-0.39, 0.29) is 12.0 Å². The Hall–Kier alpha value is -2.24. The summed E-state index contributed by atoms with van der Waals surface area (Å²) in [5.74, 6) is 1.06. The van der Waals surface area contributed by atoms with Crippen LogP contribution in [0.4, 0.5) is 0 Å². The first kappa shape index (κ1) is 21.0. The normalized spacial score (nSPS) is 25.9. The first-order valence-electron chi connectivity index (χ1n) is 11.2. The molecule has 1 aromatic carbocycles. The van der Waals surface area contributed by atoms with Gasteiger partial charge in [-0.1, -0.05) is 18.2 Å². The van der Waals surface area contributed by atoms with Crippen LogP contribution in [-0.2, 0) is 4.79 Å². The third-order valence-electron chi connectivity index (χ3n) is 6.67. The molecule has 0 amide bonds. The maximum Gasteiger partial charge on any atom is 0.123 e. The summed E-state index contributed by atoms with van der Waals surface area (Å²) in [5.41, 5.74) is 2.25. The Morgan fingerprint density at radius 3 is 2.43 bits per heavy atom. The first-order chi connectivity index (χ1) is 14.6. The van der Waals surface area contributed by atoms with E-state index in [2.05, 4.69) is 59.0 Å². The number of ether oxygens (including phenoxy) is 1. The lowest BCUT2D eigenvalue weighted by molar-refractivity contribution is -0.114. The molecule has 160 valence electrons. The molecule has 0 bridgehead atoms. The van der Waals surface area contributed by atoms with Crippen molar-refractivity contribution in [3.05, 3.63) is 48.8 Å². The molecule has 2 aliphatic rings. The Kier molecular flexibility index (Phi) is 6.80. The second-order valence-corrected chi connectivity index (χ2v) is 8.86. The number of rotatable bonds is 6. The highest BCUT2D eigenvalue weighted by Gasteiger charge is 2.37. The molecule has 5 heteroatoms. The molecule has 1 saturated heterocycles. The van der Waals surface area contributed by atoms with Crippen molar-refractivity contribution in [1.82, 2.24) is 14.8 Å². The van der Waals surface area contributed by atoms with Gasteiger partial charge in [0.1, 0.15) is 18.1 Å². The molecule has 3 atom stereocenters. The Bertz CT molecular complexity index is 801. The third-order valence-corrected chi connectivity index (χ3v) is 6.67. The SMILES string of the molecule is CC(C)N1CCN(C2CC(C=O)CCC2Oc2ccc(-c3cccnc3)cc2)CC1. The second kappa shape index (κ2) is 9.71. The van der Waals surface area contributed by atoms with E-state index in [1.807, 2.05) is 12.3 Å². The maximum absolute atomic E-state index is 11.5. The molecule has 3 unspecified atom stereocenters. The average Bonchev–Trinajstić information content (AvgIpc) is 2.80. The number of aromatic nitrogens is 1. The number of carbonyl (C=O) groups excluding carboxylic acids is 1. The largest absolute Gasteiger partial charge is 0.489 e. The minimum Gasteiger partial charge on any atom is -0.489 e. The number of aldehydes is 1. The lowest BCUT2D eigenvalue weighted by Crippen LogP contribution is -2.57. The van der Waals surface area contributed by atoms with Gasteiger partial charge in [-0.25, -0.2) is 0 Å². The van der Waals surface area contributed by atoms with Crippen molar-refractivity contribution in [2.24, 2.45) is 5.92 Å². The predicted octanol–water partition coefficient (Wildman–Crippen LogP) is 3.89. The van der Waals surface area contributed by atoms with Crippen LogP contribution in [0.1, 0.15) is 33.1 Å². The molecule has 1 aliphatic heterocycles. The van der Waals surface area contributed by atoms with E-state index in [4.69, 9.17) is 4.74 Å². The summed E-state index contributed by atoms with van der Waals surface area (Å²) in [6.45, 7) is 8.81. The monoisotopic (exact) mass is 407 g/mol. The van der Waals surface area contributed by atoms with Crippen molar-refractivity contribution < 1.29 is 9.53 Å². The Balaban J connectivity index is 1.44. The van der Waals surface area contributed by atoms with Crippen LogP contribution in [0, 0.1) is 5.92 Å². The topological polar surface area (TPSA) is 45.7 Å².